The van der Waals surface area contributed by atoms with Gasteiger partial charge in [-0.25, -0.2) is 0 Å². The fourth-order valence-electron chi connectivity index (χ4n) is 3.89. The minimum atomic E-state index is 0.119. The summed E-state index contributed by atoms with van der Waals surface area (Å²) in [6.45, 7) is 4.11. The first-order valence-electron chi connectivity index (χ1n) is 9.13. The molecule has 0 radical (unpaired) electrons. The maximum Gasteiger partial charge on any atom is 0.260 e. The summed E-state index contributed by atoms with van der Waals surface area (Å²) in [6.07, 6.45) is 8.35. The molecule has 4 nitrogen and oxygen atoms in total. The van der Waals surface area contributed by atoms with Crippen LogP contribution >= 0.6 is 0 Å². The van der Waals surface area contributed by atoms with E-state index < -0.39 is 0 Å². The van der Waals surface area contributed by atoms with Gasteiger partial charge in [0.2, 0.25) is 0 Å². The summed E-state index contributed by atoms with van der Waals surface area (Å²) in [7, 11) is 0. The molecule has 1 saturated heterocycles. The average Bonchev–Trinajstić information content (AvgIpc) is 2.90. The first-order chi connectivity index (χ1) is 11.3. The van der Waals surface area contributed by atoms with Crippen molar-refractivity contribution in [3.63, 3.8) is 0 Å². The molecule has 1 aliphatic carbocycles. The number of hydrogen-bond donors (Lipinski definition) is 1. The van der Waals surface area contributed by atoms with Crippen LogP contribution in [-0.2, 0) is 4.79 Å². The van der Waals surface area contributed by atoms with Crippen LogP contribution in [0.25, 0.3) is 0 Å². The molecule has 4 heteroatoms. The number of carbonyl (C=O) groups is 1. The molecule has 1 saturated carbocycles. The van der Waals surface area contributed by atoms with E-state index in [0.29, 0.717) is 0 Å². The Kier molecular flexibility index (Phi) is 5.92. The quantitative estimate of drug-likeness (QED) is 0.854. The number of benzene rings is 1. The number of ether oxygens (including phenoxy) is 1. The van der Waals surface area contributed by atoms with E-state index in [-0.39, 0.29) is 12.5 Å². The van der Waals surface area contributed by atoms with Crippen molar-refractivity contribution < 1.29 is 14.4 Å². The molecular weight excluding hydrogens is 288 g/mol. The van der Waals surface area contributed by atoms with Crippen LogP contribution in [0, 0.1) is 0 Å². The van der Waals surface area contributed by atoms with E-state index in [4.69, 9.17) is 4.74 Å². The number of amides is 1. The predicted octanol–water partition coefficient (Wildman–Crippen LogP) is 1.52. The van der Waals surface area contributed by atoms with Gasteiger partial charge in [-0.1, -0.05) is 31.0 Å². The van der Waals surface area contributed by atoms with Gasteiger partial charge in [-0.15, -0.1) is 0 Å². The Balaban J connectivity index is 1.42. The summed E-state index contributed by atoms with van der Waals surface area (Å²) in [5, 5.41) is 0. The number of nitrogens with one attached hydrogen (secondary N) is 1. The van der Waals surface area contributed by atoms with E-state index >= 15 is 0 Å². The predicted molar refractivity (Wildman–Crippen MR) is 90.7 cm³/mol. The van der Waals surface area contributed by atoms with E-state index in [1.807, 2.05) is 35.2 Å². The van der Waals surface area contributed by atoms with Crippen LogP contribution in [0.1, 0.15) is 38.5 Å². The summed E-state index contributed by atoms with van der Waals surface area (Å²) in [6, 6.07) is 10.4. The van der Waals surface area contributed by atoms with E-state index in [1.54, 1.807) is 4.90 Å². The lowest BCUT2D eigenvalue weighted by Crippen LogP contribution is -3.18. The monoisotopic (exact) mass is 317 g/mol. The van der Waals surface area contributed by atoms with Crippen molar-refractivity contribution in [2.45, 2.75) is 44.6 Å². The molecule has 0 spiro atoms. The van der Waals surface area contributed by atoms with Gasteiger partial charge in [-0.2, -0.15) is 0 Å². The number of carbonyl (C=O) groups excluding carboxylic acids is 1. The Morgan fingerprint density at radius 3 is 2.35 bits per heavy atom. The largest absolute Gasteiger partial charge is 0.484 e. The third-order valence-corrected chi connectivity index (χ3v) is 5.30. The van der Waals surface area contributed by atoms with E-state index in [1.165, 1.54) is 38.5 Å². The van der Waals surface area contributed by atoms with Crippen LogP contribution in [0.2, 0.25) is 0 Å². The first kappa shape index (κ1) is 16.3. The maximum atomic E-state index is 12.3. The van der Waals surface area contributed by atoms with Gasteiger partial charge >= 0.3 is 0 Å². The van der Waals surface area contributed by atoms with E-state index in [0.717, 1.165) is 38.0 Å². The topological polar surface area (TPSA) is 34.0 Å². The van der Waals surface area contributed by atoms with Crippen LogP contribution in [0.4, 0.5) is 0 Å². The molecule has 0 bridgehead atoms. The SMILES string of the molecule is O=C(COc1ccccc1)N1CC[NH+](C2CCCCCC2)CC1. The van der Waals surface area contributed by atoms with Crippen molar-refractivity contribution in [2.24, 2.45) is 0 Å². The highest BCUT2D eigenvalue weighted by atomic mass is 16.5. The number of hydrogen-bond acceptors (Lipinski definition) is 2. The number of quaternary nitrogens is 1. The zero-order valence-electron chi connectivity index (χ0n) is 14.0. The molecule has 2 fully saturated rings. The third-order valence-electron chi connectivity index (χ3n) is 5.30. The molecule has 3 rings (SSSR count). The second-order valence-corrected chi connectivity index (χ2v) is 6.83. The minimum Gasteiger partial charge on any atom is -0.484 e. The van der Waals surface area contributed by atoms with Gasteiger partial charge < -0.3 is 14.5 Å². The number of nitrogens with zero attached hydrogens (tertiary/aromatic N) is 1. The smallest absolute Gasteiger partial charge is 0.260 e. The van der Waals surface area contributed by atoms with Crippen molar-refractivity contribution in [1.29, 1.82) is 0 Å². The molecule has 1 aromatic rings. The van der Waals surface area contributed by atoms with Crippen LogP contribution in [0.15, 0.2) is 30.3 Å². The second kappa shape index (κ2) is 8.34. The number of piperazine rings is 1. The molecule has 1 aliphatic heterocycles. The minimum absolute atomic E-state index is 0.119. The zero-order chi connectivity index (χ0) is 15.9. The van der Waals surface area contributed by atoms with E-state index in [2.05, 4.69) is 0 Å². The lowest BCUT2D eigenvalue weighted by Gasteiger charge is -2.36. The van der Waals surface area contributed by atoms with Crippen LogP contribution in [0.5, 0.6) is 5.75 Å². The van der Waals surface area contributed by atoms with Gasteiger partial charge in [0.05, 0.1) is 32.2 Å². The molecule has 0 atom stereocenters. The zero-order valence-corrected chi connectivity index (χ0v) is 14.0. The van der Waals surface area contributed by atoms with Gasteiger partial charge in [0.15, 0.2) is 6.61 Å². The Morgan fingerprint density at radius 2 is 1.70 bits per heavy atom. The highest BCUT2D eigenvalue weighted by Gasteiger charge is 2.29. The van der Waals surface area contributed by atoms with E-state index in [9.17, 15) is 4.79 Å². The summed E-state index contributed by atoms with van der Waals surface area (Å²) < 4.78 is 5.58. The molecule has 23 heavy (non-hydrogen) atoms. The lowest BCUT2D eigenvalue weighted by molar-refractivity contribution is -0.929. The second-order valence-electron chi connectivity index (χ2n) is 6.83. The first-order valence-corrected chi connectivity index (χ1v) is 9.13. The van der Waals surface area contributed by atoms with Gasteiger partial charge in [-0.05, 0) is 37.8 Å². The molecule has 0 aromatic heterocycles. The van der Waals surface area contributed by atoms with Crippen molar-refractivity contribution in [3.05, 3.63) is 30.3 Å². The maximum absolute atomic E-state index is 12.3. The molecule has 2 aliphatic rings. The van der Waals surface area contributed by atoms with Crippen LogP contribution < -0.4 is 9.64 Å². The summed E-state index contributed by atoms with van der Waals surface area (Å²) in [5.41, 5.74) is 0. The Labute approximate surface area is 139 Å². The van der Waals surface area contributed by atoms with Gasteiger partial charge in [0.1, 0.15) is 5.75 Å². The molecule has 1 N–H and O–H groups in total. The fourth-order valence-corrected chi connectivity index (χ4v) is 3.89. The molecule has 1 amide bonds. The normalized spacial score (nSPS) is 21.0. The van der Waals surface area contributed by atoms with Gasteiger partial charge in [0, 0.05) is 0 Å². The van der Waals surface area contributed by atoms with Gasteiger partial charge in [0.25, 0.3) is 5.91 Å². The molecule has 126 valence electrons. The Morgan fingerprint density at radius 1 is 1.04 bits per heavy atom. The van der Waals surface area contributed by atoms with Crippen LogP contribution in [-0.4, -0.2) is 49.6 Å². The lowest BCUT2D eigenvalue weighted by atomic mass is 10.1. The summed E-state index contributed by atoms with van der Waals surface area (Å²) in [5.74, 6) is 0.886. The molecule has 0 unspecified atom stereocenters. The third kappa shape index (κ3) is 4.71. The fraction of sp³-hybridized carbons (Fsp3) is 0.632. The highest BCUT2D eigenvalue weighted by Crippen LogP contribution is 2.15. The summed E-state index contributed by atoms with van der Waals surface area (Å²) >= 11 is 0. The molecule has 1 heterocycles. The number of para-hydroxylation sites is 1. The Bertz CT molecular complexity index is 475. The molecule has 1 aromatic carbocycles. The van der Waals surface area contributed by atoms with Crippen LogP contribution in [0.3, 0.4) is 0 Å². The standard InChI is InChI=1S/C19H28N2O2/c22-19(16-23-18-10-6-3-7-11-18)21-14-12-20(13-15-21)17-8-4-1-2-5-9-17/h3,6-7,10-11,17H,1-2,4-5,8-9,12-16H2/p+1. The molecular formula is C19H29N2O2+. The van der Waals surface area contributed by atoms with Crippen molar-refractivity contribution in [2.75, 3.05) is 32.8 Å². The van der Waals surface area contributed by atoms with Crippen molar-refractivity contribution in [1.82, 2.24) is 4.90 Å². The Hall–Kier alpha value is -1.55. The summed E-state index contributed by atoms with van der Waals surface area (Å²) in [4.78, 5) is 16.0. The van der Waals surface area contributed by atoms with Crippen molar-refractivity contribution >= 4 is 5.91 Å². The average molecular weight is 317 g/mol. The van der Waals surface area contributed by atoms with Crippen molar-refractivity contribution in [3.8, 4) is 5.75 Å². The van der Waals surface area contributed by atoms with Gasteiger partial charge in [-0.3, -0.25) is 4.79 Å². The highest BCUT2D eigenvalue weighted by molar-refractivity contribution is 5.77. The number of rotatable bonds is 4.